The highest BCUT2D eigenvalue weighted by molar-refractivity contribution is 5.94. The van der Waals surface area contributed by atoms with E-state index in [1.807, 2.05) is 26.0 Å². The zero-order valence-electron chi connectivity index (χ0n) is 15.2. The molecular weight excluding hydrogens is 320 g/mol. The molecule has 2 N–H and O–H groups in total. The first-order chi connectivity index (χ1) is 11.8. The van der Waals surface area contributed by atoms with E-state index in [2.05, 4.69) is 10.6 Å². The van der Waals surface area contributed by atoms with Gasteiger partial charge >= 0.3 is 6.03 Å². The number of carbonyl (C=O) groups is 3. The predicted molar refractivity (Wildman–Crippen MR) is 95.1 cm³/mol. The van der Waals surface area contributed by atoms with E-state index in [4.69, 9.17) is 0 Å². The molecule has 7 nitrogen and oxygen atoms in total. The van der Waals surface area contributed by atoms with E-state index in [0.29, 0.717) is 25.2 Å². The third-order valence-corrected chi connectivity index (χ3v) is 4.50. The first-order valence-corrected chi connectivity index (χ1v) is 8.49. The van der Waals surface area contributed by atoms with Crippen LogP contribution in [-0.2, 0) is 11.3 Å². The fourth-order valence-corrected chi connectivity index (χ4v) is 2.54. The maximum atomic E-state index is 12.2. The maximum Gasteiger partial charge on any atom is 0.318 e. The van der Waals surface area contributed by atoms with E-state index in [-0.39, 0.29) is 23.9 Å². The predicted octanol–water partition coefficient (Wildman–Crippen LogP) is 1.20. The minimum atomic E-state index is -0.472. The molecule has 1 aliphatic heterocycles. The Morgan fingerprint density at radius 1 is 1.32 bits per heavy atom. The van der Waals surface area contributed by atoms with E-state index in [9.17, 15) is 14.4 Å². The monoisotopic (exact) mass is 346 g/mol. The summed E-state index contributed by atoms with van der Waals surface area (Å²) in [4.78, 5) is 39.3. The van der Waals surface area contributed by atoms with Crippen LogP contribution < -0.4 is 10.6 Å². The number of nitrogens with one attached hydrogen (secondary N) is 2. The first-order valence-electron chi connectivity index (χ1n) is 8.49. The highest BCUT2D eigenvalue weighted by atomic mass is 16.2. The molecule has 0 aromatic heterocycles. The first kappa shape index (κ1) is 18.8. The Balaban J connectivity index is 1.92. The molecule has 1 aromatic carbocycles. The smallest absolute Gasteiger partial charge is 0.318 e. The molecule has 0 aliphatic carbocycles. The lowest BCUT2D eigenvalue weighted by molar-refractivity contribution is -0.126. The van der Waals surface area contributed by atoms with Gasteiger partial charge in [-0.3, -0.25) is 9.59 Å². The fraction of sp³-hybridized carbons (Fsp3) is 0.500. The van der Waals surface area contributed by atoms with Crippen LogP contribution in [0.3, 0.4) is 0 Å². The van der Waals surface area contributed by atoms with Crippen molar-refractivity contribution in [2.75, 3.05) is 20.1 Å². The average molecular weight is 346 g/mol. The summed E-state index contributed by atoms with van der Waals surface area (Å²) >= 11 is 0. The second-order valence-electron chi connectivity index (χ2n) is 6.53. The molecule has 0 bridgehead atoms. The number of benzene rings is 1. The number of hydrogen-bond donors (Lipinski definition) is 2. The molecule has 136 valence electrons. The summed E-state index contributed by atoms with van der Waals surface area (Å²) in [5.41, 5.74) is 1.51. The molecule has 0 radical (unpaired) electrons. The van der Waals surface area contributed by atoms with Gasteiger partial charge < -0.3 is 20.4 Å². The van der Waals surface area contributed by atoms with Crippen molar-refractivity contribution in [2.45, 2.75) is 39.4 Å². The largest absolute Gasteiger partial charge is 0.353 e. The van der Waals surface area contributed by atoms with Crippen LogP contribution in [0.25, 0.3) is 0 Å². The van der Waals surface area contributed by atoms with Gasteiger partial charge in [0.15, 0.2) is 0 Å². The number of hydrogen-bond acceptors (Lipinski definition) is 3. The minimum Gasteiger partial charge on any atom is -0.353 e. The summed E-state index contributed by atoms with van der Waals surface area (Å²) in [6, 6.07) is 6.58. The lowest BCUT2D eigenvalue weighted by Gasteiger charge is -2.32. The zero-order valence-corrected chi connectivity index (χ0v) is 15.2. The molecule has 1 aliphatic rings. The van der Waals surface area contributed by atoms with E-state index in [0.717, 1.165) is 5.56 Å². The average Bonchev–Trinajstić information content (AvgIpc) is 2.61. The van der Waals surface area contributed by atoms with Crippen molar-refractivity contribution in [3.63, 3.8) is 0 Å². The molecule has 7 heteroatoms. The highest BCUT2D eigenvalue weighted by Crippen LogP contribution is 2.10. The number of urea groups is 1. The Bertz CT molecular complexity index is 642. The van der Waals surface area contributed by atoms with E-state index < -0.39 is 6.04 Å². The molecule has 1 saturated heterocycles. The van der Waals surface area contributed by atoms with E-state index >= 15 is 0 Å². The lowest BCUT2D eigenvalue weighted by Crippen LogP contribution is -2.58. The molecule has 0 saturated carbocycles. The number of amides is 4. The number of rotatable bonds is 4. The molecule has 0 spiro atoms. The zero-order chi connectivity index (χ0) is 18.6. The van der Waals surface area contributed by atoms with Crippen LogP contribution in [-0.4, -0.2) is 59.9 Å². The van der Waals surface area contributed by atoms with Crippen LogP contribution in [0.5, 0.6) is 0 Å². The van der Waals surface area contributed by atoms with Gasteiger partial charge in [-0.1, -0.05) is 12.1 Å². The van der Waals surface area contributed by atoms with E-state index in [1.165, 1.54) is 4.90 Å². The molecule has 25 heavy (non-hydrogen) atoms. The minimum absolute atomic E-state index is 0.0289. The van der Waals surface area contributed by atoms with Crippen molar-refractivity contribution in [3.8, 4) is 0 Å². The summed E-state index contributed by atoms with van der Waals surface area (Å²) in [5.74, 6) is -0.169. The molecule has 4 amide bonds. The summed E-state index contributed by atoms with van der Waals surface area (Å²) in [6.07, 6.45) is 0. The molecular formula is C18H26N4O3. The quantitative estimate of drug-likeness (QED) is 0.859. The second-order valence-corrected chi connectivity index (χ2v) is 6.53. The number of nitrogens with zero attached hydrogens (tertiary/aromatic N) is 2. The topological polar surface area (TPSA) is 81.8 Å². The van der Waals surface area contributed by atoms with Crippen molar-refractivity contribution in [1.29, 1.82) is 0 Å². The van der Waals surface area contributed by atoms with Gasteiger partial charge in [-0.15, -0.1) is 0 Å². The Morgan fingerprint density at radius 2 is 1.96 bits per heavy atom. The fourth-order valence-electron chi connectivity index (χ4n) is 2.54. The van der Waals surface area contributed by atoms with Gasteiger partial charge in [0.05, 0.1) is 0 Å². The number of piperazine rings is 1. The normalized spacial score (nSPS) is 17.2. The third-order valence-electron chi connectivity index (χ3n) is 4.50. The van der Waals surface area contributed by atoms with Crippen molar-refractivity contribution >= 4 is 17.8 Å². The van der Waals surface area contributed by atoms with Crippen molar-refractivity contribution in [3.05, 3.63) is 35.4 Å². The van der Waals surface area contributed by atoms with Gasteiger partial charge in [0.1, 0.15) is 6.04 Å². The van der Waals surface area contributed by atoms with Gasteiger partial charge in [-0.05, 0) is 38.5 Å². The third kappa shape index (κ3) is 4.49. The maximum absolute atomic E-state index is 12.2. The van der Waals surface area contributed by atoms with Crippen LogP contribution in [0.4, 0.5) is 4.79 Å². The van der Waals surface area contributed by atoms with Crippen LogP contribution in [0.1, 0.15) is 36.7 Å². The molecule has 1 aromatic rings. The number of carbonyl (C=O) groups excluding carboxylic acids is 3. The van der Waals surface area contributed by atoms with Gasteiger partial charge in [-0.25, -0.2) is 4.79 Å². The van der Waals surface area contributed by atoms with Crippen molar-refractivity contribution in [2.24, 2.45) is 0 Å². The van der Waals surface area contributed by atoms with Gasteiger partial charge in [-0.2, -0.15) is 0 Å². The lowest BCUT2D eigenvalue weighted by atomic mass is 10.1. The second kappa shape index (κ2) is 8.00. The van der Waals surface area contributed by atoms with Gasteiger partial charge in [0.25, 0.3) is 5.91 Å². The van der Waals surface area contributed by atoms with Crippen LogP contribution >= 0.6 is 0 Å². The molecule has 1 heterocycles. The van der Waals surface area contributed by atoms with Crippen LogP contribution in [0.2, 0.25) is 0 Å². The van der Waals surface area contributed by atoms with Gasteiger partial charge in [0.2, 0.25) is 5.91 Å². The van der Waals surface area contributed by atoms with Gasteiger partial charge in [0, 0.05) is 38.3 Å². The van der Waals surface area contributed by atoms with Crippen molar-refractivity contribution in [1.82, 2.24) is 20.4 Å². The van der Waals surface area contributed by atoms with Crippen LogP contribution in [0.15, 0.2) is 24.3 Å². The summed E-state index contributed by atoms with van der Waals surface area (Å²) in [7, 11) is 1.77. The summed E-state index contributed by atoms with van der Waals surface area (Å²) in [5, 5.41) is 5.55. The Labute approximate surface area is 148 Å². The molecule has 1 fully saturated rings. The Morgan fingerprint density at radius 3 is 2.56 bits per heavy atom. The van der Waals surface area contributed by atoms with Crippen molar-refractivity contribution < 1.29 is 14.4 Å². The standard InChI is InChI=1S/C18H26N4O3/c1-12(2)21(4)17(24)15-7-5-14(6-8-15)11-20-18(25)22-10-9-19-16(23)13(22)3/h5-8,12-13H,9-11H2,1-4H3,(H,19,23)(H,20,25)/t13-/m1/s1. The molecule has 1 atom stereocenters. The Hall–Kier alpha value is -2.57. The molecule has 2 rings (SSSR count). The van der Waals surface area contributed by atoms with E-state index in [1.54, 1.807) is 31.0 Å². The highest BCUT2D eigenvalue weighted by Gasteiger charge is 2.28. The molecule has 0 unspecified atom stereocenters. The summed E-state index contributed by atoms with van der Waals surface area (Å²) in [6.45, 7) is 6.94. The van der Waals surface area contributed by atoms with Crippen LogP contribution in [0, 0.1) is 0 Å². The SMILES string of the molecule is CC(C)N(C)C(=O)c1ccc(CNC(=O)N2CCNC(=O)[C@H]2C)cc1. The summed E-state index contributed by atoms with van der Waals surface area (Å²) < 4.78 is 0. The Kier molecular flexibility index (Phi) is 6.01.